The number of hydrogen-bond donors (Lipinski definition) is 2. The van der Waals surface area contributed by atoms with Crippen LogP contribution in [0.25, 0.3) is 11.3 Å². The van der Waals surface area contributed by atoms with E-state index in [9.17, 15) is 8.42 Å². The molecule has 1 heterocycles. The lowest BCUT2D eigenvalue weighted by Crippen LogP contribution is -2.15. The van der Waals surface area contributed by atoms with Crippen LogP contribution in [0.5, 0.6) is 0 Å². The van der Waals surface area contributed by atoms with Crippen LogP contribution in [0.1, 0.15) is 34.6 Å². The number of nitrogens with one attached hydrogen (secondary N) is 1. The molecule has 3 aromatic carbocycles. The van der Waals surface area contributed by atoms with Crippen molar-refractivity contribution in [3.63, 3.8) is 0 Å². The van der Waals surface area contributed by atoms with Gasteiger partial charge in [0.25, 0.3) is 10.1 Å². The summed E-state index contributed by atoms with van der Waals surface area (Å²) in [4.78, 5) is 9.42. The molecule has 1 atom stereocenters. The molecule has 35 heavy (non-hydrogen) atoms. The Morgan fingerprint density at radius 1 is 1.00 bits per heavy atom. The third-order valence-corrected chi connectivity index (χ3v) is 7.29. The number of benzene rings is 3. The minimum absolute atomic E-state index is 0.215. The molecule has 1 aliphatic rings. The second-order valence-electron chi connectivity index (χ2n) is 8.67. The van der Waals surface area contributed by atoms with Gasteiger partial charge >= 0.3 is 0 Å². The Morgan fingerprint density at radius 3 is 2.49 bits per heavy atom. The van der Waals surface area contributed by atoms with Crippen molar-refractivity contribution < 1.29 is 13.0 Å². The first-order valence-electron chi connectivity index (χ1n) is 11.4. The normalized spacial score (nSPS) is 14.7. The van der Waals surface area contributed by atoms with Crippen molar-refractivity contribution in [2.75, 3.05) is 11.1 Å². The van der Waals surface area contributed by atoms with Gasteiger partial charge in [-0.3, -0.25) is 4.55 Å². The number of nitrogens with zero attached hydrogens (tertiary/aromatic N) is 2. The molecule has 1 aromatic heterocycles. The van der Waals surface area contributed by atoms with E-state index in [4.69, 9.17) is 21.1 Å². The summed E-state index contributed by atoms with van der Waals surface area (Å²) in [5.74, 6) is 0.491. The molecule has 5 rings (SSSR count). The van der Waals surface area contributed by atoms with E-state index >= 15 is 0 Å². The van der Waals surface area contributed by atoms with Gasteiger partial charge in [-0.05, 0) is 65.8 Å². The van der Waals surface area contributed by atoms with Gasteiger partial charge in [-0.25, -0.2) is 9.97 Å². The average molecular weight is 506 g/mol. The highest BCUT2D eigenvalue weighted by atomic mass is 35.5. The minimum atomic E-state index is -3.93. The average Bonchev–Trinajstić information content (AvgIpc) is 2.85. The van der Waals surface area contributed by atoms with Crippen LogP contribution in [0, 0.1) is 0 Å². The molecule has 0 fully saturated rings. The zero-order chi connectivity index (χ0) is 24.4. The van der Waals surface area contributed by atoms with E-state index in [0.29, 0.717) is 18.8 Å². The quantitative estimate of drug-likeness (QED) is 0.297. The number of aromatic nitrogens is 2. The number of fused-ring (bicyclic) bond motifs is 3. The predicted molar refractivity (Wildman–Crippen MR) is 139 cm³/mol. The lowest BCUT2D eigenvalue weighted by atomic mass is 9.78. The van der Waals surface area contributed by atoms with Crippen LogP contribution in [0.4, 0.5) is 11.6 Å². The molecule has 0 spiro atoms. The Kier molecular flexibility index (Phi) is 6.56. The van der Waals surface area contributed by atoms with Gasteiger partial charge in [-0.2, -0.15) is 8.42 Å². The summed E-state index contributed by atoms with van der Waals surface area (Å²) in [6.07, 6.45) is 3.65. The van der Waals surface area contributed by atoms with E-state index in [1.807, 2.05) is 48.7 Å². The standard InChI is InChI=1S/C27H24ClN3O3S/c28-21-11-9-19(10-12-21)25-16-20-17-29-27(31-26(20)24-6-2-1-5-23(24)25)30-22-13-7-18(8-14-22)4-3-15-35(32,33)34/h1-2,5-14,17,25H,3-4,15-16H2,(H,29,30,31)(H,32,33,34). The van der Waals surface area contributed by atoms with Crippen LogP contribution in [0.15, 0.2) is 79.0 Å². The molecule has 6 nitrogen and oxygen atoms in total. The zero-order valence-electron chi connectivity index (χ0n) is 18.9. The van der Waals surface area contributed by atoms with Crippen molar-refractivity contribution in [3.05, 3.63) is 106 Å². The van der Waals surface area contributed by atoms with Crippen LogP contribution in [0.2, 0.25) is 5.02 Å². The summed E-state index contributed by atoms with van der Waals surface area (Å²) in [6, 6.07) is 24.1. The highest BCUT2D eigenvalue weighted by molar-refractivity contribution is 7.85. The maximum absolute atomic E-state index is 10.9. The van der Waals surface area contributed by atoms with Crippen molar-refractivity contribution in [1.29, 1.82) is 0 Å². The number of anilines is 2. The van der Waals surface area contributed by atoms with Crippen LogP contribution in [-0.4, -0.2) is 28.7 Å². The summed E-state index contributed by atoms with van der Waals surface area (Å²) < 4.78 is 30.6. The molecule has 2 N–H and O–H groups in total. The molecular weight excluding hydrogens is 482 g/mol. The summed E-state index contributed by atoms with van der Waals surface area (Å²) in [5.41, 5.74) is 7.42. The first-order chi connectivity index (χ1) is 16.9. The fourth-order valence-corrected chi connectivity index (χ4v) is 5.17. The second-order valence-corrected chi connectivity index (χ2v) is 10.7. The molecule has 0 aliphatic heterocycles. The molecule has 0 bridgehead atoms. The lowest BCUT2D eigenvalue weighted by molar-refractivity contribution is 0.481. The smallest absolute Gasteiger partial charge is 0.264 e. The molecule has 0 saturated carbocycles. The van der Waals surface area contributed by atoms with Crippen LogP contribution < -0.4 is 5.32 Å². The van der Waals surface area contributed by atoms with E-state index in [0.717, 1.165) is 39.5 Å². The molecule has 0 amide bonds. The van der Waals surface area contributed by atoms with E-state index in [2.05, 4.69) is 40.6 Å². The minimum Gasteiger partial charge on any atom is -0.324 e. The van der Waals surface area contributed by atoms with Crippen molar-refractivity contribution in [3.8, 4) is 11.3 Å². The molecule has 1 unspecified atom stereocenters. The van der Waals surface area contributed by atoms with Crippen LogP contribution in [-0.2, 0) is 23.0 Å². The monoisotopic (exact) mass is 505 g/mol. The third-order valence-electron chi connectivity index (χ3n) is 6.23. The van der Waals surface area contributed by atoms with E-state index < -0.39 is 10.1 Å². The summed E-state index contributed by atoms with van der Waals surface area (Å²) in [6.45, 7) is 0. The molecular formula is C27H24ClN3O3S. The maximum atomic E-state index is 10.9. The van der Waals surface area contributed by atoms with Gasteiger partial charge in [0, 0.05) is 28.4 Å². The lowest BCUT2D eigenvalue weighted by Gasteiger charge is -2.27. The van der Waals surface area contributed by atoms with Gasteiger partial charge in [-0.1, -0.05) is 60.1 Å². The van der Waals surface area contributed by atoms with Crippen molar-refractivity contribution in [2.24, 2.45) is 0 Å². The van der Waals surface area contributed by atoms with Gasteiger partial charge in [0.05, 0.1) is 11.4 Å². The highest BCUT2D eigenvalue weighted by Crippen LogP contribution is 2.42. The first kappa shape index (κ1) is 23.5. The summed E-state index contributed by atoms with van der Waals surface area (Å²) >= 11 is 6.11. The van der Waals surface area contributed by atoms with Gasteiger partial charge in [0.15, 0.2) is 0 Å². The molecule has 4 aromatic rings. The molecule has 8 heteroatoms. The van der Waals surface area contributed by atoms with Gasteiger partial charge in [-0.15, -0.1) is 0 Å². The molecule has 0 radical (unpaired) electrons. The van der Waals surface area contributed by atoms with Crippen molar-refractivity contribution in [2.45, 2.75) is 25.2 Å². The number of rotatable bonds is 7. The molecule has 1 aliphatic carbocycles. The van der Waals surface area contributed by atoms with Crippen molar-refractivity contribution in [1.82, 2.24) is 9.97 Å². The topological polar surface area (TPSA) is 92.2 Å². The SMILES string of the molecule is O=S(=O)(O)CCCc1ccc(Nc2ncc3c(n2)-c2ccccc2C(c2ccc(Cl)cc2)C3)cc1. The molecule has 0 saturated heterocycles. The first-order valence-corrected chi connectivity index (χ1v) is 13.4. The fraction of sp³-hybridized carbons (Fsp3) is 0.185. The summed E-state index contributed by atoms with van der Waals surface area (Å²) in [5, 5.41) is 3.99. The van der Waals surface area contributed by atoms with Crippen LogP contribution in [0.3, 0.4) is 0 Å². The van der Waals surface area contributed by atoms with Crippen molar-refractivity contribution >= 4 is 33.4 Å². The Labute approximate surface area is 209 Å². The third kappa shape index (κ3) is 5.53. The van der Waals surface area contributed by atoms with E-state index in [-0.39, 0.29) is 11.7 Å². The number of halogens is 1. The largest absolute Gasteiger partial charge is 0.324 e. The van der Waals surface area contributed by atoms with Gasteiger partial charge in [0.1, 0.15) is 0 Å². The second kappa shape index (κ2) is 9.77. The van der Waals surface area contributed by atoms with Crippen LogP contribution >= 0.6 is 11.6 Å². The molecule has 178 valence electrons. The van der Waals surface area contributed by atoms with E-state index in [1.165, 1.54) is 11.1 Å². The summed E-state index contributed by atoms with van der Waals surface area (Å²) in [7, 11) is -3.93. The van der Waals surface area contributed by atoms with Gasteiger partial charge < -0.3 is 5.32 Å². The predicted octanol–water partition coefficient (Wildman–Crippen LogP) is 6.05. The Balaban J connectivity index is 1.36. The Morgan fingerprint density at radius 2 is 1.74 bits per heavy atom. The fourth-order valence-electron chi connectivity index (χ4n) is 4.53. The highest BCUT2D eigenvalue weighted by Gasteiger charge is 2.27. The Bertz CT molecular complexity index is 1460. The maximum Gasteiger partial charge on any atom is 0.264 e. The Hall–Kier alpha value is -3.26. The zero-order valence-corrected chi connectivity index (χ0v) is 20.4. The van der Waals surface area contributed by atoms with E-state index in [1.54, 1.807) is 0 Å². The number of aryl methyl sites for hydroxylation is 1. The number of hydrogen-bond acceptors (Lipinski definition) is 5. The van der Waals surface area contributed by atoms with Gasteiger partial charge in [0.2, 0.25) is 5.95 Å².